The number of nitrogens with zero attached hydrogens (tertiary/aromatic N) is 1. The number of urea groups is 1. The van der Waals surface area contributed by atoms with Crippen LogP contribution < -0.4 is 10.6 Å². The zero-order chi connectivity index (χ0) is 14.7. The van der Waals surface area contributed by atoms with Crippen LogP contribution in [0.5, 0.6) is 0 Å². The van der Waals surface area contributed by atoms with Crippen LogP contribution in [0.1, 0.15) is 25.7 Å². The molecule has 0 bridgehead atoms. The van der Waals surface area contributed by atoms with E-state index in [2.05, 4.69) is 10.6 Å². The number of hydrogen-bond acceptors (Lipinski definition) is 3. The summed E-state index contributed by atoms with van der Waals surface area (Å²) in [7, 11) is 1.71. The third kappa shape index (κ3) is 3.20. The molecule has 0 aromatic heterocycles. The molecule has 0 aromatic rings. The Balaban J connectivity index is 1.75. The summed E-state index contributed by atoms with van der Waals surface area (Å²) in [4.78, 5) is 36.0. The van der Waals surface area contributed by atoms with Gasteiger partial charge in [0.2, 0.25) is 5.91 Å². The highest BCUT2D eigenvalue weighted by molar-refractivity contribution is 5.88. The summed E-state index contributed by atoms with van der Waals surface area (Å²) in [6.07, 6.45) is 3.00. The number of aliphatic carboxylic acids is 1. The van der Waals surface area contributed by atoms with Gasteiger partial charge in [0.05, 0.1) is 5.92 Å². The summed E-state index contributed by atoms with van der Waals surface area (Å²) in [6.45, 7) is 0.993. The van der Waals surface area contributed by atoms with Crippen molar-refractivity contribution in [1.82, 2.24) is 15.5 Å². The molecule has 20 heavy (non-hydrogen) atoms. The van der Waals surface area contributed by atoms with Gasteiger partial charge in [-0.25, -0.2) is 4.79 Å². The number of amides is 3. The molecule has 0 aromatic carbocycles. The Morgan fingerprint density at radius 2 is 2.10 bits per heavy atom. The maximum absolute atomic E-state index is 11.7. The first kappa shape index (κ1) is 14.6. The molecule has 3 amide bonds. The molecule has 0 spiro atoms. The molecule has 3 N–H and O–H groups in total. The Morgan fingerprint density at radius 3 is 2.70 bits per heavy atom. The van der Waals surface area contributed by atoms with Crippen molar-refractivity contribution in [3.63, 3.8) is 0 Å². The van der Waals surface area contributed by atoms with Crippen LogP contribution >= 0.6 is 0 Å². The van der Waals surface area contributed by atoms with Crippen LogP contribution in [0.25, 0.3) is 0 Å². The van der Waals surface area contributed by atoms with Gasteiger partial charge in [0.25, 0.3) is 0 Å². The summed E-state index contributed by atoms with van der Waals surface area (Å²) in [5.41, 5.74) is 0. The van der Waals surface area contributed by atoms with E-state index >= 15 is 0 Å². The number of likely N-dealkylation sites (N-methyl/N-ethyl adjacent to an activating group) is 1. The van der Waals surface area contributed by atoms with E-state index in [0.717, 1.165) is 12.8 Å². The minimum Gasteiger partial charge on any atom is -0.481 e. The van der Waals surface area contributed by atoms with Gasteiger partial charge in [-0.1, -0.05) is 6.42 Å². The van der Waals surface area contributed by atoms with Gasteiger partial charge in [-0.2, -0.15) is 0 Å². The van der Waals surface area contributed by atoms with Crippen molar-refractivity contribution in [1.29, 1.82) is 0 Å². The Kier molecular flexibility index (Phi) is 4.46. The average molecular weight is 283 g/mol. The van der Waals surface area contributed by atoms with E-state index in [1.54, 1.807) is 11.9 Å². The number of carbonyl (C=O) groups is 3. The van der Waals surface area contributed by atoms with E-state index in [1.165, 1.54) is 0 Å². The zero-order valence-electron chi connectivity index (χ0n) is 11.6. The van der Waals surface area contributed by atoms with Crippen molar-refractivity contribution in [3.8, 4) is 0 Å². The highest BCUT2D eigenvalue weighted by atomic mass is 16.4. The van der Waals surface area contributed by atoms with Crippen LogP contribution in [0.3, 0.4) is 0 Å². The maximum Gasteiger partial charge on any atom is 0.315 e. The van der Waals surface area contributed by atoms with Crippen molar-refractivity contribution in [2.75, 3.05) is 20.1 Å². The minimum absolute atomic E-state index is 0.0137. The Morgan fingerprint density at radius 1 is 1.35 bits per heavy atom. The van der Waals surface area contributed by atoms with Crippen molar-refractivity contribution in [2.24, 2.45) is 11.8 Å². The van der Waals surface area contributed by atoms with E-state index < -0.39 is 18.0 Å². The first-order chi connectivity index (χ1) is 9.49. The van der Waals surface area contributed by atoms with E-state index in [1.807, 2.05) is 0 Å². The number of carboxylic acid groups (broad SMARTS) is 1. The molecule has 1 saturated heterocycles. The third-order valence-corrected chi connectivity index (χ3v) is 4.23. The summed E-state index contributed by atoms with van der Waals surface area (Å²) < 4.78 is 0. The number of carbonyl (C=O) groups excluding carboxylic acids is 2. The molecule has 1 heterocycles. The predicted molar refractivity (Wildman–Crippen MR) is 71.0 cm³/mol. The highest BCUT2D eigenvalue weighted by Gasteiger charge is 2.34. The van der Waals surface area contributed by atoms with Gasteiger partial charge in [0, 0.05) is 20.1 Å². The molecule has 1 aliphatic heterocycles. The number of likely N-dealkylation sites (tertiary alicyclic amines) is 1. The average Bonchev–Trinajstić information content (AvgIpc) is 2.98. The fourth-order valence-electron chi connectivity index (χ4n) is 3.00. The molecular weight excluding hydrogens is 262 g/mol. The van der Waals surface area contributed by atoms with Crippen LogP contribution in [0, 0.1) is 11.8 Å². The molecule has 1 aliphatic carbocycles. The number of nitrogens with one attached hydrogen (secondary N) is 2. The topological polar surface area (TPSA) is 98.7 Å². The molecule has 2 aliphatic rings. The van der Waals surface area contributed by atoms with Crippen molar-refractivity contribution in [2.45, 2.75) is 31.7 Å². The summed E-state index contributed by atoms with van der Waals surface area (Å²) in [5.74, 6) is -1.25. The molecule has 3 unspecified atom stereocenters. The molecule has 112 valence electrons. The summed E-state index contributed by atoms with van der Waals surface area (Å²) >= 11 is 0. The Bertz CT molecular complexity index is 412. The van der Waals surface area contributed by atoms with Crippen LogP contribution in [0.2, 0.25) is 0 Å². The lowest BCUT2D eigenvalue weighted by molar-refractivity contribution is -0.142. The SMILES string of the molecule is CN1CCC(NC(=O)NCC2CCCC2C(=O)O)C1=O. The minimum atomic E-state index is -0.790. The molecule has 2 fully saturated rings. The van der Waals surface area contributed by atoms with Crippen LogP contribution in [0.4, 0.5) is 4.79 Å². The van der Waals surface area contributed by atoms with Gasteiger partial charge in [0.15, 0.2) is 0 Å². The normalized spacial score (nSPS) is 29.6. The second kappa shape index (κ2) is 6.11. The summed E-state index contributed by atoms with van der Waals surface area (Å²) in [6, 6.07) is -0.853. The fraction of sp³-hybridized carbons (Fsp3) is 0.769. The quantitative estimate of drug-likeness (QED) is 0.677. The van der Waals surface area contributed by atoms with Crippen LogP contribution in [-0.4, -0.2) is 54.1 Å². The Labute approximate surface area is 117 Å². The second-order valence-electron chi connectivity index (χ2n) is 5.59. The second-order valence-corrected chi connectivity index (χ2v) is 5.59. The monoisotopic (exact) mass is 283 g/mol. The van der Waals surface area contributed by atoms with Gasteiger partial charge in [-0.15, -0.1) is 0 Å². The first-order valence-electron chi connectivity index (χ1n) is 7.01. The van der Waals surface area contributed by atoms with Gasteiger partial charge in [0.1, 0.15) is 6.04 Å². The number of rotatable bonds is 4. The molecule has 7 heteroatoms. The maximum atomic E-state index is 11.7. The van der Waals surface area contributed by atoms with Crippen molar-refractivity contribution < 1.29 is 19.5 Å². The Hall–Kier alpha value is -1.79. The van der Waals surface area contributed by atoms with E-state index in [0.29, 0.717) is 25.9 Å². The standard InChI is InChI=1S/C13H21N3O4/c1-16-6-5-10(11(16)17)15-13(20)14-7-8-3-2-4-9(8)12(18)19/h8-10H,2-7H2,1H3,(H,18,19)(H2,14,15,20). The lowest BCUT2D eigenvalue weighted by Gasteiger charge is -2.18. The molecule has 3 atom stereocenters. The molecule has 1 saturated carbocycles. The van der Waals surface area contributed by atoms with Gasteiger partial charge in [-0.3, -0.25) is 9.59 Å². The molecular formula is C13H21N3O4. The number of hydrogen-bond donors (Lipinski definition) is 3. The van der Waals surface area contributed by atoms with Crippen LogP contribution in [0.15, 0.2) is 0 Å². The lowest BCUT2D eigenvalue weighted by atomic mass is 9.96. The fourth-order valence-corrected chi connectivity index (χ4v) is 3.00. The smallest absolute Gasteiger partial charge is 0.315 e. The zero-order valence-corrected chi connectivity index (χ0v) is 11.6. The molecule has 0 radical (unpaired) electrons. The molecule has 2 rings (SSSR count). The predicted octanol–water partition coefficient (Wildman–Crippen LogP) is 0.0172. The largest absolute Gasteiger partial charge is 0.481 e. The van der Waals surface area contributed by atoms with E-state index in [4.69, 9.17) is 5.11 Å². The third-order valence-electron chi connectivity index (χ3n) is 4.23. The number of carboxylic acids is 1. The highest BCUT2D eigenvalue weighted by Crippen LogP contribution is 2.31. The van der Waals surface area contributed by atoms with Gasteiger partial charge < -0.3 is 20.6 Å². The van der Waals surface area contributed by atoms with Crippen LogP contribution in [-0.2, 0) is 9.59 Å². The molecule has 7 nitrogen and oxygen atoms in total. The van der Waals surface area contributed by atoms with Crippen molar-refractivity contribution in [3.05, 3.63) is 0 Å². The van der Waals surface area contributed by atoms with E-state index in [-0.39, 0.29) is 17.7 Å². The lowest BCUT2D eigenvalue weighted by Crippen LogP contribution is -2.47. The first-order valence-corrected chi connectivity index (χ1v) is 7.01. The summed E-state index contributed by atoms with van der Waals surface area (Å²) in [5, 5.41) is 14.4. The van der Waals surface area contributed by atoms with Gasteiger partial charge in [-0.05, 0) is 25.2 Å². The van der Waals surface area contributed by atoms with Gasteiger partial charge >= 0.3 is 12.0 Å². The van der Waals surface area contributed by atoms with E-state index in [9.17, 15) is 14.4 Å². The van der Waals surface area contributed by atoms with Crippen molar-refractivity contribution >= 4 is 17.9 Å².